The highest BCUT2D eigenvalue weighted by Gasteiger charge is 2.34. The van der Waals surface area contributed by atoms with E-state index in [2.05, 4.69) is 41.5 Å². The molecule has 0 saturated carbocycles. The lowest BCUT2D eigenvalue weighted by atomic mass is 10.0. The highest BCUT2D eigenvalue weighted by atomic mass is 16.4. The zero-order valence-corrected chi connectivity index (χ0v) is 31.9. The van der Waals surface area contributed by atoms with E-state index < -0.39 is 115 Å². The Morgan fingerprint density at radius 1 is 0.707 bits per heavy atom. The molecule has 1 rings (SSSR count). The van der Waals surface area contributed by atoms with Gasteiger partial charge in [-0.15, -0.1) is 0 Å². The molecule has 1 aromatic heterocycles. The molecule has 58 heavy (non-hydrogen) atoms. The van der Waals surface area contributed by atoms with Gasteiger partial charge in [-0.25, -0.2) is 9.78 Å². The number of aliphatic carboxylic acids is 1. The molecule has 26 nitrogen and oxygen atoms in total. The maximum atomic E-state index is 13.6. The predicted octanol–water partition coefficient (Wildman–Crippen LogP) is -7.78. The van der Waals surface area contributed by atoms with Crippen molar-refractivity contribution in [3.63, 3.8) is 0 Å². The van der Waals surface area contributed by atoms with E-state index in [1.165, 1.54) is 19.4 Å². The number of primary amides is 2. The van der Waals surface area contributed by atoms with Crippen LogP contribution in [0.5, 0.6) is 0 Å². The molecule has 0 spiro atoms. The number of carboxylic acids is 1. The number of nitrogens with two attached hydrogens (primary N) is 6. The van der Waals surface area contributed by atoms with Gasteiger partial charge in [-0.05, 0) is 45.6 Å². The first kappa shape index (κ1) is 49.6. The van der Waals surface area contributed by atoms with Gasteiger partial charge in [0, 0.05) is 24.9 Å². The van der Waals surface area contributed by atoms with Gasteiger partial charge in [-0.2, -0.15) is 0 Å². The Bertz CT molecular complexity index is 1600. The molecule has 1 heterocycles. The molecule has 26 heteroatoms. The molecular weight excluding hydrogens is 770 g/mol. The van der Waals surface area contributed by atoms with Crippen LogP contribution >= 0.6 is 0 Å². The topological polar surface area (TPSA) is 463 Å². The molecule has 0 aliphatic carbocycles. The minimum absolute atomic E-state index is 0.0192. The normalized spacial score (nSPS) is 14.4. The number of aliphatic hydroxyl groups is 1. The molecule has 7 atom stereocenters. The second-order valence-electron chi connectivity index (χ2n) is 13.0. The summed E-state index contributed by atoms with van der Waals surface area (Å²) in [5.41, 5.74) is 33.5. The standard InChI is InChI=1S/C32H55N15O11/c1-15(25(51)47-22(13-48)31(57)58)42-27(53)19(6-4-8-40-32(37)38)44-29(55)20(10-23(35)49)46-30(56)21(11-24(36)50)45-28(54)18(5-2-3-7-33)43-26(52)17(34)9-16-12-39-14-41-16/h12,14-15,17-22,48H,2-11,13,33-34H2,1H3,(H2,35,49)(H2,36,50)(H,39,41)(H,42,53)(H,43,52)(H,44,55)(H,45,54)(H,46,56)(H,47,51)(H,57,58)(H4,37,38,40)/t15-,17-,18-,19-,20-,21-,22-/m0/s1. The van der Waals surface area contributed by atoms with E-state index in [4.69, 9.17) is 39.5 Å². The molecule has 0 aliphatic rings. The molecule has 0 bridgehead atoms. The average Bonchev–Trinajstić information content (AvgIpc) is 3.66. The summed E-state index contributed by atoms with van der Waals surface area (Å²) >= 11 is 0. The van der Waals surface area contributed by atoms with Crippen LogP contribution in [0.1, 0.15) is 57.6 Å². The van der Waals surface area contributed by atoms with Gasteiger partial charge in [0.2, 0.25) is 47.3 Å². The fraction of sp³-hybridized carbons (Fsp3) is 0.594. The number of guanidine groups is 1. The number of aliphatic hydroxyl groups excluding tert-OH is 1. The van der Waals surface area contributed by atoms with E-state index in [0.29, 0.717) is 18.5 Å². The first-order valence-electron chi connectivity index (χ1n) is 18.0. The van der Waals surface area contributed by atoms with Crippen LogP contribution < -0.4 is 66.3 Å². The highest BCUT2D eigenvalue weighted by Crippen LogP contribution is 2.07. The number of nitrogens with zero attached hydrogens (tertiary/aromatic N) is 2. The first-order valence-corrected chi connectivity index (χ1v) is 18.0. The minimum Gasteiger partial charge on any atom is -0.480 e. The third-order valence-corrected chi connectivity index (χ3v) is 8.12. The number of aliphatic imine (C=N–C) groups is 1. The van der Waals surface area contributed by atoms with Crippen molar-refractivity contribution >= 4 is 59.2 Å². The zero-order valence-electron chi connectivity index (χ0n) is 31.9. The number of carbonyl (C=O) groups excluding carboxylic acids is 8. The average molecular weight is 826 g/mol. The Morgan fingerprint density at radius 2 is 1.19 bits per heavy atom. The fourth-order valence-electron chi connectivity index (χ4n) is 5.04. The Labute approximate surface area is 332 Å². The maximum absolute atomic E-state index is 13.6. The lowest BCUT2D eigenvalue weighted by molar-refractivity contribution is -0.143. The Hall–Kier alpha value is -6.41. The number of unbranched alkanes of at least 4 members (excludes halogenated alkanes) is 1. The molecule has 0 unspecified atom stereocenters. The molecule has 21 N–H and O–H groups in total. The van der Waals surface area contributed by atoms with Crippen LogP contribution in [-0.4, -0.2) is 141 Å². The van der Waals surface area contributed by atoms with E-state index in [-0.39, 0.29) is 44.7 Å². The number of carboxylic acid groups (broad SMARTS) is 1. The Kier molecular flexibility index (Phi) is 22.0. The van der Waals surface area contributed by atoms with Crippen LogP contribution in [0.3, 0.4) is 0 Å². The van der Waals surface area contributed by atoms with Crippen molar-refractivity contribution in [1.29, 1.82) is 0 Å². The smallest absolute Gasteiger partial charge is 0.328 e. The number of hydrogen-bond acceptors (Lipinski definition) is 14. The van der Waals surface area contributed by atoms with Gasteiger partial charge in [-0.3, -0.25) is 43.3 Å². The number of hydrogen-bond donors (Lipinski definition) is 15. The van der Waals surface area contributed by atoms with Crippen molar-refractivity contribution in [2.75, 3.05) is 19.7 Å². The summed E-state index contributed by atoms with van der Waals surface area (Å²) in [4.78, 5) is 125. The van der Waals surface area contributed by atoms with Gasteiger partial charge in [0.1, 0.15) is 36.3 Å². The number of imidazole rings is 1. The van der Waals surface area contributed by atoms with Crippen LogP contribution in [-0.2, 0) is 49.6 Å². The van der Waals surface area contributed by atoms with Crippen molar-refractivity contribution in [3.8, 4) is 0 Å². The number of rotatable bonds is 28. The number of carbonyl (C=O) groups is 9. The zero-order chi connectivity index (χ0) is 43.9. The molecule has 0 saturated heterocycles. The summed E-state index contributed by atoms with van der Waals surface area (Å²) in [7, 11) is 0. The molecule has 0 radical (unpaired) electrons. The molecular formula is C32H55N15O11. The van der Waals surface area contributed by atoms with Crippen LogP contribution in [0.15, 0.2) is 17.5 Å². The Balaban J connectivity index is 3.27. The van der Waals surface area contributed by atoms with Crippen molar-refractivity contribution in [3.05, 3.63) is 18.2 Å². The van der Waals surface area contributed by atoms with E-state index in [0.717, 1.165) is 0 Å². The quantitative estimate of drug-likeness (QED) is 0.0212. The van der Waals surface area contributed by atoms with Gasteiger partial charge < -0.3 is 81.5 Å². The molecule has 0 aromatic carbocycles. The summed E-state index contributed by atoms with van der Waals surface area (Å²) in [6.07, 6.45) is 1.99. The SMILES string of the molecule is C[C@H](NC(=O)[C@H](CCCN=C(N)N)NC(=O)[C@H](CC(N)=O)NC(=O)[C@H](CC(N)=O)NC(=O)[C@H](CCCCN)NC(=O)[C@@H](N)Cc1cnc[nH]1)C(=O)N[C@@H](CO)C(=O)O. The number of amides is 8. The summed E-state index contributed by atoms with van der Waals surface area (Å²) in [6.45, 7) is 0.488. The summed E-state index contributed by atoms with van der Waals surface area (Å²) < 4.78 is 0. The van der Waals surface area contributed by atoms with Crippen molar-refractivity contribution in [2.24, 2.45) is 39.4 Å². The summed E-state index contributed by atoms with van der Waals surface area (Å²) in [5.74, 6) is -9.95. The van der Waals surface area contributed by atoms with Crippen molar-refractivity contribution in [2.45, 2.75) is 101 Å². The second-order valence-corrected chi connectivity index (χ2v) is 13.0. The summed E-state index contributed by atoms with van der Waals surface area (Å²) in [6, 6.07) is -10.5. The van der Waals surface area contributed by atoms with Gasteiger partial charge in [0.05, 0.1) is 31.8 Å². The fourth-order valence-corrected chi connectivity index (χ4v) is 5.04. The van der Waals surface area contributed by atoms with E-state index in [1.807, 2.05) is 5.32 Å². The Morgan fingerprint density at radius 3 is 1.66 bits per heavy atom. The predicted molar refractivity (Wildman–Crippen MR) is 203 cm³/mol. The highest BCUT2D eigenvalue weighted by molar-refractivity contribution is 5.99. The monoisotopic (exact) mass is 825 g/mol. The lowest BCUT2D eigenvalue weighted by Crippen LogP contribution is -2.60. The third-order valence-electron chi connectivity index (χ3n) is 8.12. The molecule has 324 valence electrons. The number of aromatic nitrogens is 2. The molecule has 8 amide bonds. The van der Waals surface area contributed by atoms with Crippen LogP contribution in [0, 0.1) is 0 Å². The number of aromatic amines is 1. The van der Waals surface area contributed by atoms with Crippen LogP contribution in [0.25, 0.3) is 0 Å². The van der Waals surface area contributed by atoms with Gasteiger partial charge >= 0.3 is 5.97 Å². The van der Waals surface area contributed by atoms with E-state index >= 15 is 0 Å². The largest absolute Gasteiger partial charge is 0.480 e. The summed E-state index contributed by atoms with van der Waals surface area (Å²) in [5, 5.41) is 32.1. The number of H-pyrrole nitrogens is 1. The number of nitrogens with one attached hydrogen (secondary N) is 7. The van der Waals surface area contributed by atoms with Gasteiger partial charge in [0.15, 0.2) is 5.96 Å². The molecule has 0 aliphatic heterocycles. The second kappa shape index (κ2) is 25.7. The van der Waals surface area contributed by atoms with Crippen LogP contribution in [0.4, 0.5) is 0 Å². The van der Waals surface area contributed by atoms with E-state index in [9.17, 15) is 48.3 Å². The first-order chi connectivity index (χ1) is 27.3. The van der Waals surface area contributed by atoms with Gasteiger partial charge in [-0.1, -0.05) is 0 Å². The van der Waals surface area contributed by atoms with Gasteiger partial charge in [0.25, 0.3) is 0 Å². The molecule has 1 aromatic rings. The lowest BCUT2D eigenvalue weighted by Gasteiger charge is -2.26. The van der Waals surface area contributed by atoms with Crippen molar-refractivity contribution in [1.82, 2.24) is 41.9 Å². The maximum Gasteiger partial charge on any atom is 0.328 e. The van der Waals surface area contributed by atoms with Crippen molar-refractivity contribution < 1.29 is 53.4 Å². The minimum atomic E-state index is -1.81. The van der Waals surface area contributed by atoms with E-state index in [1.54, 1.807) is 0 Å². The third kappa shape index (κ3) is 19.0. The van der Waals surface area contributed by atoms with Crippen LogP contribution in [0.2, 0.25) is 0 Å². The molecule has 0 fully saturated rings.